The molecule has 4 N–H and O–H groups in total. The molecule has 0 spiro atoms. The maximum atomic E-state index is 5.30. The predicted molar refractivity (Wildman–Crippen MR) is 58.9 cm³/mol. The summed E-state index contributed by atoms with van der Waals surface area (Å²) in [7, 11) is 0. The lowest BCUT2D eigenvalue weighted by Gasteiger charge is -2.16. The van der Waals surface area contributed by atoms with E-state index in [2.05, 4.69) is 15.0 Å². The molecule has 5 nitrogen and oxygen atoms in total. The standard InChI is InChI=1S/C10H15N5/c1-6-7-4-2-3-5-8(7)14-10(13-6)15-9(11)12/h2-5H2,1H3,(H4,11,12,13,14,15). The Hall–Kier alpha value is -1.65. The summed E-state index contributed by atoms with van der Waals surface area (Å²) >= 11 is 0. The number of nitrogens with two attached hydrogens (primary N) is 2. The van der Waals surface area contributed by atoms with Gasteiger partial charge in [-0.25, -0.2) is 9.97 Å². The minimum Gasteiger partial charge on any atom is -0.370 e. The Morgan fingerprint density at radius 1 is 1.20 bits per heavy atom. The van der Waals surface area contributed by atoms with Crippen LogP contribution in [0.2, 0.25) is 0 Å². The van der Waals surface area contributed by atoms with E-state index in [1.54, 1.807) is 0 Å². The predicted octanol–water partition coefficient (Wildman–Crippen LogP) is 0.569. The van der Waals surface area contributed by atoms with Crippen molar-refractivity contribution in [2.24, 2.45) is 16.5 Å². The van der Waals surface area contributed by atoms with Gasteiger partial charge in [0.25, 0.3) is 5.95 Å². The zero-order chi connectivity index (χ0) is 10.8. The van der Waals surface area contributed by atoms with Gasteiger partial charge in [0.2, 0.25) is 0 Å². The Labute approximate surface area is 88.6 Å². The third kappa shape index (κ3) is 2.06. The SMILES string of the molecule is Cc1nc(N=C(N)N)nc2c1CCCC2. The van der Waals surface area contributed by atoms with E-state index >= 15 is 0 Å². The van der Waals surface area contributed by atoms with E-state index < -0.39 is 0 Å². The minimum atomic E-state index is 0.00478. The van der Waals surface area contributed by atoms with Crippen LogP contribution in [0.1, 0.15) is 29.8 Å². The summed E-state index contributed by atoms with van der Waals surface area (Å²) < 4.78 is 0. The number of hydrogen-bond acceptors (Lipinski definition) is 3. The Morgan fingerprint density at radius 3 is 2.67 bits per heavy atom. The van der Waals surface area contributed by atoms with E-state index in [0.717, 1.165) is 24.2 Å². The van der Waals surface area contributed by atoms with Crippen molar-refractivity contribution in [3.8, 4) is 0 Å². The van der Waals surface area contributed by atoms with Gasteiger partial charge in [0.15, 0.2) is 5.96 Å². The Balaban J connectivity index is 2.45. The first-order chi connectivity index (χ1) is 7.16. The third-order valence-corrected chi connectivity index (χ3v) is 2.61. The first kappa shape index (κ1) is 9.89. The first-order valence-corrected chi connectivity index (χ1v) is 5.13. The number of aliphatic imine (C=N–C) groups is 1. The number of aryl methyl sites for hydroxylation is 2. The second-order valence-electron chi connectivity index (χ2n) is 3.78. The molecule has 0 fully saturated rings. The zero-order valence-electron chi connectivity index (χ0n) is 8.82. The molecule has 0 atom stereocenters. The Morgan fingerprint density at radius 2 is 1.93 bits per heavy atom. The molecule has 0 aliphatic heterocycles. The van der Waals surface area contributed by atoms with Crippen LogP contribution in [-0.2, 0) is 12.8 Å². The van der Waals surface area contributed by atoms with Crippen molar-refractivity contribution in [2.75, 3.05) is 0 Å². The molecule has 0 saturated heterocycles. The summed E-state index contributed by atoms with van der Waals surface area (Å²) in [5, 5.41) is 0. The van der Waals surface area contributed by atoms with E-state index in [4.69, 9.17) is 11.5 Å². The second-order valence-corrected chi connectivity index (χ2v) is 3.78. The van der Waals surface area contributed by atoms with Gasteiger partial charge in [-0.1, -0.05) is 0 Å². The molecule has 0 amide bonds. The van der Waals surface area contributed by atoms with Crippen LogP contribution in [0.4, 0.5) is 5.95 Å². The van der Waals surface area contributed by atoms with Gasteiger partial charge in [-0.3, -0.25) is 0 Å². The lowest BCUT2D eigenvalue weighted by atomic mass is 9.95. The van der Waals surface area contributed by atoms with Crippen LogP contribution < -0.4 is 11.5 Å². The smallest absolute Gasteiger partial charge is 0.253 e. The maximum absolute atomic E-state index is 5.30. The van der Waals surface area contributed by atoms with Crippen molar-refractivity contribution in [1.82, 2.24) is 9.97 Å². The third-order valence-electron chi connectivity index (χ3n) is 2.61. The average Bonchev–Trinajstić information content (AvgIpc) is 2.16. The Kier molecular flexibility index (Phi) is 2.53. The van der Waals surface area contributed by atoms with Crippen LogP contribution >= 0.6 is 0 Å². The highest BCUT2D eigenvalue weighted by atomic mass is 15.1. The van der Waals surface area contributed by atoms with Gasteiger partial charge in [-0.15, -0.1) is 0 Å². The fourth-order valence-electron chi connectivity index (χ4n) is 1.93. The number of guanidine groups is 1. The summed E-state index contributed by atoms with van der Waals surface area (Å²) in [4.78, 5) is 12.5. The minimum absolute atomic E-state index is 0.00478. The van der Waals surface area contributed by atoms with E-state index in [9.17, 15) is 0 Å². The normalized spacial score (nSPS) is 14.5. The van der Waals surface area contributed by atoms with Crippen molar-refractivity contribution < 1.29 is 0 Å². The van der Waals surface area contributed by atoms with Gasteiger partial charge in [-0.2, -0.15) is 4.99 Å². The highest BCUT2D eigenvalue weighted by molar-refractivity contribution is 5.77. The van der Waals surface area contributed by atoms with Crippen LogP contribution in [0.5, 0.6) is 0 Å². The van der Waals surface area contributed by atoms with Crippen molar-refractivity contribution in [3.05, 3.63) is 17.0 Å². The Bertz CT molecular complexity index is 407. The second kappa shape index (κ2) is 3.84. The first-order valence-electron chi connectivity index (χ1n) is 5.13. The maximum Gasteiger partial charge on any atom is 0.253 e. The van der Waals surface area contributed by atoms with Crippen molar-refractivity contribution in [3.63, 3.8) is 0 Å². The molecular weight excluding hydrogens is 190 g/mol. The molecule has 0 saturated carbocycles. The van der Waals surface area contributed by atoms with Gasteiger partial charge in [-0.05, 0) is 38.2 Å². The van der Waals surface area contributed by atoms with E-state index in [1.807, 2.05) is 6.92 Å². The van der Waals surface area contributed by atoms with Gasteiger partial charge in [0.05, 0.1) is 0 Å². The van der Waals surface area contributed by atoms with Crippen LogP contribution in [0.3, 0.4) is 0 Å². The van der Waals surface area contributed by atoms with E-state index in [0.29, 0.717) is 5.95 Å². The van der Waals surface area contributed by atoms with Crippen LogP contribution in [-0.4, -0.2) is 15.9 Å². The molecule has 1 aromatic heterocycles. The lowest BCUT2D eigenvalue weighted by Crippen LogP contribution is -2.22. The monoisotopic (exact) mass is 205 g/mol. The summed E-state index contributed by atoms with van der Waals surface area (Å²) in [6, 6.07) is 0. The molecule has 2 rings (SSSR count). The molecule has 1 aromatic rings. The average molecular weight is 205 g/mol. The van der Waals surface area contributed by atoms with Crippen LogP contribution in [0.25, 0.3) is 0 Å². The molecule has 1 heterocycles. The number of aromatic nitrogens is 2. The topological polar surface area (TPSA) is 90.2 Å². The quantitative estimate of drug-likeness (QED) is 0.518. The summed E-state index contributed by atoms with van der Waals surface area (Å²) in [5.41, 5.74) is 14.0. The molecule has 15 heavy (non-hydrogen) atoms. The molecule has 0 radical (unpaired) electrons. The molecule has 5 heteroatoms. The molecule has 0 aromatic carbocycles. The van der Waals surface area contributed by atoms with E-state index in [-0.39, 0.29) is 5.96 Å². The highest BCUT2D eigenvalue weighted by Gasteiger charge is 2.15. The number of rotatable bonds is 1. The summed E-state index contributed by atoms with van der Waals surface area (Å²) in [5.74, 6) is 0.387. The van der Waals surface area contributed by atoms with E-state index in [1.165, 1.54) is 18.4 Å². The molecule has 0 bridgehead atoms. The molecule has 0 unspecified atom stereocenters. The fourth-order valence-corrected chi connectivity index (χ4v) is 1.93. The van der Waals surface area contributed by atoms with Gasteiger partial charge in [0.1, 0.15) is 0 Å². The van der Waals surface area contributed by atoms with Gasteiger partial charge < -0.3 is 11.5 Å². The largest absolute Gasteiger partial charge is 0.370 e. The van der Waals surface area contributed by atoms with Gasteiger partial charge in [0, 0.05) is 11.4 Å². The van der Waals surface area contributed by atoms with Crippen molar-refractivity contribution in [2.45, 2.75) is 32.6 Å². The number of nitrogens with zero attached hydrogens (tertiary/aromatic N) is 3. The lowest BCUT2D eigenvalue weighted by molar-refractivity contribution is 0.657. The fraction of sp³-hybridized carbons (Fsp3) is 0.500. The van der Waals surface area contributed by atoms with Crippen molar-refractivity contribution >= 4 is 11.9 Å². The summed E-state index contributed by atoms with van der Waals surface area (Å²) in [6.45, 7) is 1.98. The molecule has 1 aliphatic carbocycles. The number of hydrogen-bond donors (Lipinski definition) is 2. The number of fused-ring (bicyclic) bond motifs is 1. The zero-order valence-corrected chi connectivity index (χ0v) is 8.82. The molecule has 80 valence electrons. The van der Waals surface area contributed by atoms with Crippen LogP contribution in [0, 0.1) is 6.92 Å². The molecular formula is C10H15N5. The van der Waals surface area contributed by atoms with Gasteiger partial charge >= 0.3 is 0 Å². The van der Waals surface area contributed by atoms with Crippen molar-refractivity contribution in [1.29, 1.82) is 0 Å². The highest BCUT2D eigenvalue weighted by Crippen LogP contribution is 2.23. The summed E-state index contributed by atoms with van der Waals surface area (Å²) in [6.07, 6.45) is 4.48. The van der Waals surface area contributed by atoms with Crippen LogP contribution in [0.15, 0.2) is 4.99 Å². The molecule has 1 aliphatic rings.